The van der Waals surface area contributed by atoms with Crippen LogP contribution in [-0.2, 0) is 9.47 Å². The van der Waals surface area contributed by atoms with Crippen molar-refractivity contribution in [2.45, 2.75) is 26.2 Å². The fraction of sp³-hybridized carbons (Fsp3) is 1.00. The van der Waals surface area contributed by atoms with E-state index in [1.165, 1.54) is 0 Å². The molecule has 1 rings (SSSR count). The van der Waals surface area contributed by atoms with Crippen molar-refractivity contribution in [1.82, 2.24) is 0 Å². The molecule has 0 amide bonds. The van der Waals surface area contributed by atoms with Gasteiger partial charge in [0.1, 0.15) is 0 Å². The van der Waals surface area contributed by atoms with Crippen LogP contribution in [-0.4, -0.2) is 38.6 Å². The van der Waals surface area contributed by atoms with Gasteiger partial charge < -0.3 is 14.6 Å². The molecule has 3 heteroatoms. The molecule has 1 fully saturated rings. The van der Waals surface area contributed by atoms with Gasteiger partial charge in [0.2, 0.25) is 0 Å². The lowest BCUT2D eigenvalue weighted by molar-refractivity contribution is -0.0519. The molecule has 1 heterocycles. The van der Waals surface area contributed by atoms with Crippen LogP contribution >= 0.6 is 0 Å². The Morgan fingerprint density at radius 1 is 1.43 bits per heavy atom. The molecule has 0 aromatic heterocycles. The standard InChI is InChI=1S/C11H22O3/c1-10(3-6-13-2)11(9-12)4-7-14-8-5-11/h10,12H,3-9H2,1-2H3. The minimum Gasteiger partial charge on any atom is -0.396 e. The Labute approximate surface area is 86.4 Å². The van der Waals surface area contributed by atoms with Crippen molar-refractivity contribution in [3.8, 4) is 0 Å². The third kappa shape index (κ3) is 2.69. The number of aliphatic hydroxyl groups excluding tert-OH is 1. The summed E-state index contributed by atoms with van der Waals surface area (Å²) in [6.07, 6.45) is 2.99. The van der Waals surface area contributed by atoms with Gasteiger partial charge in [-0.3, -0.25) is 0 Å². The van der Waals surface area contributed by atoms with E-state index in [1.807, 2.05) is 0 Å². The quantitative estimate of drug-likeness (QED) is 0.733. The molecular weight excluding hydrogens is 180 g/mol. The Bertz CT molecular complexity index is 153. The lowest BCUT2D eigenvalue weighted by Gasteiger charge is -2.40. The van der Waals surface area contributed by atoms with Crippen molar-refractivity contribution in [3.63, 3.8) is 0 Å². The summed E-state index contributed by atoms with van der Waals surface area (Å²) in [5, 5.41) is 9.51. The van der Waals surface area contributed by atoms with Gasteiger partial charge in [0.25, 0.3) is 0 Å². The molecule has 14 heavy (non-hydrogen) atoms. The zero-order chi connectivity index (χ0) is 10.4. The average Bonchev–Trinajstić information content (AvgIpc) is 2.26. The maximum Gasteiger partial charge on any atom is 0.0491 e. The zero-order valence-electron chi connectivity index (χ0n) is 9.29. The predicted molar refractivity (Wildman–Crippen MR) is 55.2 cm³/mol. The van der Waals surface area contributed by atoms with Gasteiger partial charge in [-0.2, -0.15) is 0 Å². The summed E-state index contributed by atoms with van der Waals surface area (Å²) in [5.41, 5.74) is 0.0801. The van der Waals surface area contributed by atoms with Crippen LogP contribution in [0.25, 0.3) is 0 Å². The number of rotatable bonds is 5. The minimum atomic E-state index is 0.0801. The summed E-state index contributed by atoms with van der Waals surface area (Å²) in [5.74, 6) is 0.511. The van der Waals surface area contributed by atoms with Gasteiger partial charge in [-0.05, 0) is 25.2 Å². The molecule has 0 aromatic rings. The highest BCUT2D eigenvalue weighted by Gasteiger charge is 2.36. The molecule has 1 saturated heterocycles. The predicted octanol–water partition coefficient (Wildman–Crippen LogP) is 1.45. The van der Waals surface area contributed by atoms with Crippen molar-refractivity contribution in [1.29, 1.82) is 0 Å². The van der Waals surface area contributed by atoms with E-state index in [0.717, 1.165) is 39.1 Å². The number of ether oxygens (including phenoxy) is 2. The molecule has 84 valence electrons. The van der Waals surface area contributed by atoms with Crippen LogP contribution in [0.4, 0.5) is 0 Å². The van der Waals surface area contributed by atoms with Gasteiger partial charge in [0.05, 0.1) is 0 Å². The van der Waals surface area contributed by atoms with Crippen LogP contribution in [0, 0.1) is 11.3 Å². The number of hydrogen-bond donors (Lipinski definition) is 1. The normalized spacial score (nSPS) is 23.4. The van der Waals surface area contributed by atoms with Crippen LogP contribution in [0.3, 0.4) is 0 Å². The van der Waals surface area contributed by atoms with E-state index >= 15 is 0 Å². The van der Waals surface area contributed by atoms with Gasteiger partial charge in [-0.25, -0.2) is 0 Å². The van der Waals surface area contributed by atoms with Crippen molar-refractivity contribution < 1.29 is 14.6 Å². The molecule has 0 bridgehead atoms. The van der Waals surface area contributed by atoms with Crippen molar-refractivity contribution in [2.75, 3.05) is 33.5 Å². The summed E-state index contributed by atoms with van der Waals surface area (Å²) in [4.78, 5) is 0. The lowest BCUT2D eigenvalue weighted by atomic mass is 9.70. The fourth-order valence-corrected chi connectivity index (χ4v) is 2.19. The maximum atomic E-state index is 9.51. The van der Waals surface area contributed by atoms with E-state index in [2.05, 4.69) is 6.92 Å². The first-order valence-electron chi connectivity index (χ1n) is 5.43. The largest absolute Gasteiger partial charge is 0.396 e. The monoisotopic (exact) mass is 202 g/mol. The molecule has 0 radical (unpaired) electrons. The highest BCUT2D eigenvalue weighted by atomic mass is 16.5. The maximum absolute atomic E-state index is 9.51. The number of methoxy groups -OCH3 is 1. The summed E-state index contributed by atoms with van der Waals surface area (Å²) in [6.45, 7) is 4.85. The van der Waals surface area contributed by atoms with Gasteiger partial charge in [0.15, 0.2) is 0 Å². The van der Waals surface area contributed by atoms with Crippen LogP contribution in [0.2, 0.25) is 0 Å². The third-order valence-electron chi connectivity index (χ3n) is 3.60. The molecular formula is C11H22O3. The molecule has 1 aliphatic heterocycles. The van der Waals surface area contributed by atoms with Crippen LogP contribution in [0.1, 0.15) is 26.2 Å². The first-order chi connectivity index (χ1) is 6.75. The van der Waals surface area contributed by atoms with Crippen LogP contribution in [0.5, 0.6) is 0 Å². The second-order valence-corrected chi connectivity index (χ2v) is 4.32. The average molecular weight is 202 g/mol. The van der Waals surface area contributed by atoms with E-state index in [1.54, 1.807) is 7.11 Å². The summed E-state index contributed by atoms with van der Waals surface area (Å²) in [6, 6.07) is 0. The first-order valence-corrected chi connectivity index (χ1v) is 5.43. The first kappa shape index (κ1) is 12.0. The molecule has 0 saturated carbocycles. The smallest absolute Gasteiger partial charge is 0.0491 e. The van der Waals surface area contributed by atoms with E-state index < -0.39 is 0 Å². The van der Waals surface area contributed by atoms with Gasteiger partial charge in [-0.1, -0.05) is 6.92 Å². The molecule has 0 aliphatic carbocycles. The van der Waals surface area contributed by atoms with Gasteiger partial charge in [0, 0.05) is 39.0 Å². The molecule has 1 aliphatic rings. The Hall–Kier alpha value is -0.120. The number of aliphatic hydroxyl groups is 1. The molecule has 0 aromatic carbocycles. The Kier molecular flexibility index (Phi) is 4.85. The van der Waals surface area contributed by atoms with E-state index in [4.69, 9.17) is 9.47 Å². The van der Waals surface area contributed by atoms with Gasteiger partial charge in [-0.15, -0.1) is 0 Å². The second-order valence-electron chi connectivity index (χ2n) is 4.32. The van der Waals surface area contributed by atoms with Crippen molar-refractivity contribution >= 4 is 0 Å². The van der Waals surface area contributed by atoms with Gasteiger partial charge >= 0.3 is 0 Å². The second kappa shape index (κ2) is 5.69. The van der Waals surface area contributed by atoms with Crippen molar-refractivity contribution in [3.05, 3.63) is 0 Å². The van der Waals surface area contributed by atoms with E-state index in [-0.39, 0.29) is 12.0 Å². The lowest BCUT2D eigenvalue weighted by Crippen LogP contribution is -2.39. The molecule has 3 nitrogen and oxygen atoms in total. The topological polar surface area (TPSA) is 38.7 Å². The minimum absolute atomic E-state index is 0.0801. The molecule has 1 unspecified atom stereocenters. The molecule has 0 spiro atoms. The SMILES string of the molecule is COCCC(C)C1(CO)CCOCC1. The summed E-state index contributed by atoms with van der Waals surface area (Å²) >= 11 is 0. The third-order valence-corrected chi connectivity index (χ3v) is 3.60. The number of hydrogen-bond acceptors (Lipinski definition) is 3. The van der Waals surface area contributed by atoms with Crippen LogP contribution in [0.15, 0.2) is 0 Å². The van der Waals surface area contributed by atoms with Crippen LogP contribution < -0.4 is 0 Å². The van der Waals surface area contributed by atoms with E-state index in [9.17, 15) is 5.11 Å². The fourth-order valence-electron chi connectivity index (χ4n) is 2.19. The molecule has 1 N–H and O–H groups in total. The highest BCUT2D eigenvalue weighted by Crippen LogP contribution is 2.39. The highest BCUT2D eigenvalue weighted by molar-refractivity contribution is 4.85. The Morgan fingerprint density at radius 3 is 2.57 bits per heavy atom. The van der Waals surface area contributed by atoms with Crippen molar-refractivity contribution in [2.24, 2.45) is 11.3 Å². The molecule has 1 atom stereocenters. The summed E-state index contributed by atoms with van der Waals surface area (Å²) < 4.78 is 10.4. The zero-order valence-corrected chi connectivity index (χ0v) is 9.29. The van der Waals surface area contributed by atoms with E-state index in [0.29, 0.717) is 5.92 Å². The summed E-state index contributed by atoms with van der Waals surface area (Å²) in [7, 11) is 1.72. The Morgan fingerprint density at radius 2 is 2.07 bits per heavy atom. The Balaban J connectivity index is 2.48.